The Kier molecular flexibility index (Phi) is 4.98. The van der Waals surface area contributed by atoms with Crippen LogP contribution in [0.3, 0.4) is 0 Å². The molecule has 0 fully saturated rings. The van der Waals surface area contributed by atoms with Gasteiger partial charge in [0, 0.05) is 5.02 Å². The Morgan fingerprint density at radius 2 is 2.15 bits per heavy atom. The van der Waals surface area contributed by atoms with E-state index >= 15 is 0 Å². The maximum absolute atomic E-state index is 6.01. The molecule has 5 nitrogen and oxygen atoms in total. The van der Waals surface area contributed by atoms with Crippen molar-refractivity contribution in [3.63, 3.8) is 0 Å². The fraction of sp³-hybridized carbons (Fsp3) is 0.429. The number of nitrogens with one attached hydrogen (secondary N) is 1. The molecule has 0 aliphatic rings. The number of hydrogen-bond acceptors (Lipinski definition) is 5. The first kappa shape index (κ1) is 14.8. The lowest BCUT2D eigenvalue weighted by atomic mass is 10.2. The number of nitrogens with zero attached hydrogens (tertiary/aromatic N) is 2. The molecule has 1 N–H and O–H groups in total. The second kappa shape index (κ2) is 6.72. The monoisotopic (exact) mass is 295 g/mol. The molecule has 1 atom stereocenters. The van der Waals surface area contributed by atoms with Crippen molar-refractivity contribution >= 4 is 11.6 Å². The van der Waals surface area contributed by atoms with E-state index in [1.54, 1.807) is 25.3 Å². The zero-order chi connectivity index (χ0) is 14.5. The van der Waals surface area contributed by atoms with Gasteiger partial charge in [-0.3, -0.25) is 0 Å². The summed E-state index contributed by atoms with van der Waals surface area (Å²) in [6.07, 6.45) is 0.877. The topological polar surface area (TPSA) is 60.2 Å². The molecular formula is C14H18ClN3O2. The Bertz CT molecular complexity index is 571. The van der Waals surface area contributed by atoms with Crippen molar-refractivity contribution in [3.05, 3.63) is 29.1 Å². The van der Waals surface area contributed by atoms with Crippen LogP contribution >= 0.6 is 11.6 Å². The van der Waals surface area contributed by atoms with E-state index in [4.69, 9.17) is 20.8 Å². The van der Waals surface area contributed by atoms with Gasteiger partial charge in [0.05, 0.1) is 18.7 Å². The van der Waals surface area contributed by atoms with E-state index < -0.39 is 0 Å². The third-order valence-electron chi connectivity index (χ3n) is 2.99. The molecule has 0 spiro atoms. The van der Waals surface area contributed by atoms with E-state index in [0.29, 0.717) is 28.1 Å². The summed E-state index contributed by atoms with van der Waals surface area (Å²) in [7, 11) is 1.59. The number of ether oxygens (including phenoxy) is 1. The van der Waals surface area contributed by atoms with Crippen LogP contribution in [-0.4, -0.2) is 23.9 Å². The number of aromatic nitrogens is 2. The molecule has 0 aliphatic carbocycles. The number of hydrogen-bond donors (Lipinski definition) is 1. The Hall–Kier alpha value is -1.59. The minimum absolute atomic E-state index is 0.0615. The van der Waals surface area contributed by atoms with Crippen molar-refractivity contribution in [1.82, 2.24) is 15.5 Å². The number of rotatable bonds is 6. The standard InChI is InChI=1S/C14H18ClN3O2/c1-4-11(16-5-2)14-18-17-13(20-14)10-8-9(15)6-7-12(10)19-3/h6-8,11,16H,4-5H2,1-3H3. The Labute approximate surface area is 123 Å². The highest BCUT2D eigenvalue weighted by atomic mass is 35.5. The molecule has 1 aromatic heterocycles. The second-order valence-electron chi connectivity index (χ2n) is 4.31. The van der Waals surface area contributed by atoms with E-state index in [-0.39, 0.29) is 6.04 Å². The van der Waals surface area contributed by atoms with E-state index in [1.165, 1.54) is 0 Å². The van der Waals surface area contributed by atoms with Crippen molar-refractivity contribution in [3.8, 4) is 17.2 Å². The SMILES string of the molecule is CCNC(CC)c1nnc(-c2cc(Cl)ccc2OC)o1. The van der Waals surface area contributed by atoms with Crippen LogP contribution in [-0.2, 0) is 0 Å². The van der Waals surface area contributed by atoms with Gasteiger partial charge < -0.3 is 14.5 Å². The zero-order valence-corrected chi connectivity index (χ0v) is 12.6. The molecule has 1 aromatic carbocycles. The Morgan fingerprint density at radius 1 is 1.35 bits per heavy atom. The van der Waals surface area contributed by atoms with Crippen LogP contribution in [0.15, 0.2) is 22.6 Å². The van der Waals surface area contributed by atoms with E-state index in [1.807, 2.05) is 6.92 Å². The molecule has 0 amide bonds. The van der Waals surface area contributed by atoms with Crippen LogP contribution in [0.4, 0.5) is 0 Å². The van der Waals surface area contributed by atoms with E-state index in [0.717, 1.165) is 13.0 Å². The number of methoxy groups -OCH3 is 1. The predicted octanol–water partition coefficient (Wildman–Crippen LogP) is 3.46. The van der Waals surface area contributed by atoms with Crippen LogP contribution in [0.2, 0.25) is 5.02 Å². The molecule has 0 aliphatic heterocycles. The van der Waals surface area contributed by atoms with Gasteiger partial charge in [0.15, 0.2) is 0 Å². The second-order valence-corrected chi connectivity index (χ2v) is 4.75. The Balaban J connectivity index is 2.35. The maximum Gasteiger partial charge on any atom is 0.251 e. The first-order valence-corrected chi connectivity index (χ1v) is 6.98. The molecule has 20 heavy (non-hydrogen) atoms. The number of halogens is 1. The fourth-order valence-electron chi connectivity index (χ4n) is 1.98. The van der Waals surface area contributed by atoms with Crippen molar-refractivity contribution in [2.75, 3.05) is 13.7 Å². The average Bonchev–Trinajstić information content (AvgIpc) is 2.94. The minimum atomic E-state index is 0.0615. The van der Waals surface area contributed by atoms with Gasteiger partial charge >= 0.3 is 0 Å². The molecule has 0 bridgehead atoms. The highest BCUT2D eigenvalue weighted by Crippen LogP contribution is 2.32. The molecule has 2 aromatic rings. The summed E-state index contributed by atoms with van der Waals surface area (Å²) in [6.45, 7) is 4.95. The molecule has 0 saturated heterocycles. The molecule has 2 rings (SSSR count). The third-order valence-corrected chi connectivity index (χ3v) is 3.22. The van der Waals surface area contributed by atoms with Crippen LogP contribution < -0.4 is 10.1 Å². The van der Waals surface area contributed by atoms with Gasteiger partial charge in [0.25, 0.3) is 5.89 Å². The van der Waals surface area contributed by atoms with Crippen molar-refractivity contribution in [2.45, 2.75) is 26.3 Å². The van der Waals surface area contributed by atoms with Crippen LogP contribution in [0.1, 0.15) is 32.2 Å². The summed E-state index contributed by atoms with van der Waals surface area (Å²) in [5, 5.41) is 12.1. The molecule has 6 heteroatoms. The van der Waals surface area contributed by atoms with Crippen molar-refractivity contribution in [2.24, 2.45) is 0 Å². The summed E-state index contributed by atoms with van der Waals surface area (Å²) in [6, 6.07) is 5.36. The first-order valence-electron chi connectivity index (χ1n) is 6.60. The average molecular weight is 296 g/mol. The summed E-state index contributed by atoms with van der Waals surface area (Å²) >= 11 is 6.01. The molecule has 1 heterocycles. The smallest absolute Gasteiger partial charge is 0.251 e. The van der Waals surface area contributed by atoms with Crippen LogP contribution in [0.5, 0.6) is 5.75 Å². The van der Waals surface area contributed by atoms with Crippen LogP contribution in [0.25, 0.3) is 11.5 Å². The third kappa shape index (κ3) is 3.11. The van der Waals surface area contributed by atoms with Crippen molar-refractivity contribution in [1.29, 1.82) is 0 Å². The van der Waals surface area contributed by atoms with Gasteiger partial charge in [0.2, 0.25) is 5.89 Å². The van der Waals surface area contributed by atoms with Gasteiger partial charge in [-0.1, -0.05) is 25.4 Å². The minimum Gasteiger partial charge on any atom is -0.496 e. The highest BCUT2D eigenvalue weighted by molar-refractivity contribution is 6.30. The summed E-state index contributed by atoms with van der Waals surface area (Å²) in [4.78, 5) is 0. The molecule has 1 unspecified atom stereocenters. The normalized spacial score (nSPS) is 12.4. The molecule has 108 valence electrons. The lowest BCUT2D eigenvalue weighted by Gasteiger charge is -2.10. The molecule has 0 radical (unpaired) electrons. The zero-order valence-electron chi connectivity index (χ0n) is 11.8. The van der Waals surface area contributed by atoms with Gasteiger partial charge in [-0.25, -0.2) is 0 Å². The summed E-state index contributed by atoms with van der Waals surface area (Å²) < 4.78 is 11.0. The van der Waals surface area contributed by atoms with Crippen LogP contribution in [0, 0.1) is 0 Å². The van der Waals surface area contributed by atoms with Gasteiger partial charge in [-0.2, -0.15) is 0 Å². The molecule has 0 saturated carbocycles. The Morgan fingerprint density at radius 3 is 2.80 bits per heavy atom. The van der Waals surface area contributed by atoms with Gasteiger partial charge in [-0.15, -0.1) is 10.2 Å². The highest BCUT2D eigenvalue weighted by Gasteiger charge is 2.18. The van der Waals surface area contributed by atoms with Crippen molar-refractivity contribution < 1.29 is 9.15 Å². The summed E-state index contributed by atoms with van der Waals surface area (Å²) in [5.74, 6) is 1.64. The maximum atomic E-state index is 6.01. The van der Waals surface area contributed by atoms with E-state index in [2.05, 4.69) is 22.4 Å². The fourth-order valence-corrected chi connectivity index (χ4v) is 2.16. The quantitative estimate of drug-likeness (QED) is 0.884. The first-order chi connectivity index (χ1) is 9.69. The van der Waals surface area contributed by atoms with Gasteiger partial charge in [0.1, 0.15) is 5.75 Å². The largest absolute Gasteiger partial charge is 0.496 e. The predicted molar refractivity (Wildman–Crippen MR) is 78.0 cm³/mol. The lowest BCUT2D eigenvalue weighted by molar-refractivity contribution is 0.396. The summed E-state index contributed by atoms with van der Waals surface area (Å²) in [5.41, 5.74) is 0.699. The van der Waals surface area contributed by atoms with E-state index in [9.17, 15) is 0 Å². The molecular weight excluding hydrogens is 278 g/mol. The number of benzene rings is 1. The lowest BCUT2D eigenvalue weighted by Crippen LogP contribution is -2.20. The van der Waals surface area contributed by atoms with Gasteiger partial charge in [-0.05, 0) is 31.2 Å².